The monoisotopic (exact) mass is 230 g/mol. The highest BCUT2D eigenvalue weighted by Gasteiger charge is 2.19. The fourth-order valence-corrected chi connectivity index (χ4v) is 2.39. The Morgan fingerprint density at radius 3 is 3.12 bits per heavy atom. The highest BCUT2D eigenvalue weighted by molar-refractivity contribution is 5.91. The number of methoxy groups -OCH3 is 1. The number of nitrogens with one attached hydrogen (secondary N) is 1. The van der Waals surface area contributed by atoms with Crippen LogP contribution >= 0.6 is 0 Å². The molecule has 0 aliphatic carbocycles. The molecule has 4 heteroatoms. The lowest BCUT2D eigenvalue weighted by molar-refractivity contribution is 0.409. The Bertz CT molecular complexity index is 581. The second kappa shape index (κ2) is 3.89. The largest absolute Gasteiger partial charge is 0.506 e. The van der Waals surface area contributed by atoms with Crippen LogP contribution in [0, 0.1) is 0 Å². The SMILES string of the molecule is COc1c2c(nc3c(O)cccc13)CNCC2. The van der Waals surface area contributed by atoms with Crippen molar-refractivity contribution in [2.75, 3.05) is 13.7 Å². The molecule has 2 heterocycles. The molecule has 0 saturated heterocycles. The molecule has 1 aliphatic heterocycles. The molecule has 0 unspecified atom stereocenters. The normalized spacial score (nSPS) is 14.6. The minimum Gasteiger partial charge on any atom is -0.506 e. The maximum Gasteiger partial charge on any atom is 0.141 e. The van der Waals surface area contributed by atoms with Gasteiger partial charge in [-0.15, -0.1) is 0 Å². The number of aromatic nitrogens is 1. The Morgan fingerprint density at radius 2 is 2.29 bits per heavy atom. The van der Waals surface area contributed by atoms with Crippen LogP contribution in [-0.4, -0.2) is 23.7 Å². The third-order valence-corrected chi connectivity index (χ3v) is 3.18. The van der Waals surface area contributed by atoms with E-state index < -0.39 is 0 Å². The molecule has 0 amide bonds. The first-order valence-corrected chi connectivity index (χ1v) is 5.69. The Balaban J connectivity index is 2.39. The van der Waals surface area contributed by atoms with Gasteiger partial charge in [0.15, 0.2) is 0 Å². The Labute approximate surface area is 99.2 Å². The van der Waals surface area contributed by atoms with Crippen molar-refractivity contribution in [2.45, 2.75) is 13.0 Å². The molecule has 0 spiro atoms. The van der Waals surface area contributed by atoms with Crippen LogP contribution < -0.4 is 10.1 Å². The summed E-state index contributed by atoms with van der Waals surface area (Å²) in [5.74, 6) is 1.05. The quantitative estimate of drug-likeness (QED) is 0.781. The Kier molecular flexibility index (Phi) is 2.37. The zero-order valence-electron chi connectivity index (χ0n) is 9.66. The molecule has 4 nitrogen and oxygen atoms in total. The molecule has 1 aromatic carbocycles. The summed E-state index contributed by atoms with van der Waals surface area (Å²) in [6, 6.07) is 5.40. The zero-order chi connectivity index (χ0) is 11.8. The summed E-state index contributed by atoms with van der Waals surface area (Å²) in [5.41, 5.74) is 2.75. The number of fused-ring (bicyclic) bond motifs is 2. The highest BCUT2D eigenvalue weighted by Crippen LogP contribution is 2.35. The van der Waals surface area contributed by atoms with Crippen LogP contribution in [0.25, 0.3) is 10.9 Å². The van der Waals surface area contributed by atoms with E-state index in [4.69, 9.17) is 4.74 Å². The van der Waals surface area contributed by atoms with Crippen LogP contribution in [0.3, 0.4) is 0 Å². The molecule has 0 atom stereocenters. The summed E-state index contributed by atoms with van der Waals surface area (Å²) < 4.78 is 5.50. The lowest BCUT2D eigenvalue weighted by atomic mass is 10.0. The number of para-hydroxylation sites is 1. The second-order valence-corrected chi connectivity index (χ2v) is 4.17. The summed E-state index contributed by atoms with van der Waals surface area (Å²) in [5, 5.41) is 14.0. The van der Waals surface area contributed by atoms with Gasteiger partial charge in [0.05, 0.1) is 12.8 Å². The predicted molar refractivity (Wildman–Crippen MR) is 65.4 cm³/mol. The van der Waals surface area contributed by atoms with Crippen molar-refractivity contribution in [3.05, 3.63) is 29.5 Å². The van der Waals surface area contributed by atoms with Gasteiger partial charge in [0.1, 0.15) is 17.0 Å². The smallest absolute Gasteiger partial charge is 0.141 e. The van der Waals surface area contributed by atoms with Crippen molar-refractivity contribution in [3.63, 3.8) is 0 Å². The molecule has 88 valence electrons. The van der Waals surface area contributed by atoms with Crippen LogP contribution in [0.2, 0.25) is 0 Å². The number of ether oxygens (including phenoxy) is 1. The summed E-state index contributed by atoms with van der Waals surface area (Å²) in [7, 11) is 1.67. The number of hydrogen-bond donors (Lipinski definition) is 2. The van der Waals surface area contributed by atoms with Crippen LogP contribution in [0.4, 0.5) is 0 Å². The van der Waals surface area contributed by atoms with Gasteiger partial charge >= 0.3 is 0 Å². The maximum atomic E-state index is 9.85. The standard InChI is InChI=1S/C13H14N2O2/c1-17-13-8-5-6-14-7-10(8)15-12-9(13)3-2-4-11(12)16/h2-4,14,16H,5-7H2,1H3. The number of nitrogens with zero attached hydrogens (tertiary/aromatic N) is 1. The van der Waals surface area contributed by atoms with E-state index in [1.807, 2.05) is 12.1 Å². The first kappa shape index (κ1) is 10.4. The molecule has 1 aromatic heterocycles. The Hall–Kier alpha value is -1.81. The van der Waals surface area contributed by atoms with Gasteiger partial charge in [-0.25, -0.2) is 4.98 Å². The highest BCUT2D eigenvalue weighted by atomic mass is 16.5. The molecular weight excluding hydrogens is 216 g/mol. The van der Waals surface area contributed by atoms with E-state index in [1.165, 1.54) is 0 Å². The lowest BCUT2D eigenvalue weighted by Crippen LogP contribution is -2.25. The van der Waals surface area contributed by atoms with Gasteiger partial charge in [0, 0.05) is 17.5 Å². The maximum absolute atomic E-state index is 9.85. The zero-order valence-corrected chi connectivity index (χ0v) is 9.66. The molecule has 2 N–H and O–H groups in total. The van der Waals surface area contributed by atoms with Crippen LogP contribution in [0.5, 0.6) is 11.5 Å². The summed E-state index contributed by atoms with van der Waals surface area (Å²) >= 11 is 0. The first-order chi connectivity index (χ1) is 8.31. The average Bonchev–Trinajstić information content (AvgIpc) is 2.37. The van der Waals surface area contributed by atoms with Gasteiger partial charge in [-0.05, 0) is 25.1 Å². The number of pyridine rings is 1. The number of rotatable bonds is 1. The van der Waals surface area contributed by atoms with Gasteiger partial charge in [-0.1, -0.05) is 6.07 Å². The third-order valence-electron chi connectivity index (χ3n) is 3.18. The number of phenols is 1. The first-order valence-electron chi connectivity index (χ1n) is 5.69. The predicted octanol–water partition coefficient (Wildman–Crippen LogP) is 1.59. The van der Waals surface area contributed by atoms with Crippen molar-refractivity contribution < 1.29 is 9.84 Å². The van der Waals surface area contributed by atoms with Crippen LogP contribution in [-0.2, 0) is 13.0 Å². The third kappa shape index (κ3) is 1.52. The van der Waals surface area contributed by atoms with Crippen molar-refractivity contribution in [2.24, 2.45) is 0 Å². The van der Waals surface area contributed by atoms with Crippen LogP contribution in [0.1, 0.15) is 11.3 Å². The van der Waals surface area contributed by atoms with Gasteiger partial charge < -0.3 is 15.2 Å². The minimum atomic E-state index is 0.203. The molecule has 0 radical (unpaired) electrons. The molecule has 1 aliphatic rings. The summed E-state index contributed by atoms with van der Waals surface area (Å²) in [6.45, 7) is 1.67. The number of hydrogen-bond acceptors (Lipinski definition) is 4. The second-order valence-electron chi connectivity index (χ2n) is 4.17. The van der Waals surface area contributed by atoms with Gasteiger partial charge in [-0.2, -0.15) is 0 Å². The van der Waals surface area contributed by atoms with E-state index >= 15 is 0 Å². The molecular formula is C13H14N2O2. The van der Waals surface area contributed by atoms with E-state index in [1.54, 1.807) is 13.2 Å². The van der Waals surface area contributed by atoms with Crippen molar-refractivity contribution in [1.82, 2.24) is 10.3 Å². The molecule has 2 aromatic rings. The van der Waals surface area contributed by atoms with Crippen molar-refractivity contribution in [3.8, 4) is 11.5 Å². The Morgan fingerprint density at radius 1 is 1.41 bits per heavy atom. The van der Waals surface area contributed by atoms with Gasteiger partial charge in [0.25, 0.3) is 0 Å². The molecule has 3 rings (SSSR count). The fraction of sp³-hybridized carbons (Fsp3) is 0.308. The molecule has 0 saturated carbocycles. The molecule has 0 fully saturated rings. The molecule has 17 heavy (non-hydrogen) atoms. The summed E-state index contributed by atoms with van der Waals surface area (Å²) in [6.07, 6.45) is 0.914. The van der Waals surface area contributed by atoms with E-state index in [2.05, 4.69) is 10.3 Å². The average molecular weight is 230 g/mol. The minimum absolute atomic E-state index is 0.203. The van der Waals surface area contributed by atoms with Crippen molar-refractivity contribution >= 4 is 10.9 Å². The van der Waals surface area contributed by atoms with E-state index in [0.29, 0.717) is 5.52 Å². The van der Waals surface area contributed by atoms with E-state index in [-0.39, 0.29) is 5.75 Å². The van der Waals surface area contributed by atoms with E-state index in [9.17, 15) is 5.11 Å². The van der Waals surface area contributed by atoms with Crippen molar-refractivity contribution in [1.29, 1.82) is 0 Å². The summed E-state index contributed by atoms with van der Waals surface area (Å²) in [4.78, 5) is 4.53. The van der Waals surface area contributed by atoms with Crippen LogP contribution in [0.15, 0.2) is 18.2 Å². The number of aromatic hydroxyl groups is 1. The lowest BCUT2D eigenvalue weighted by Gasteiger charge is -2.20. The fourth-order valence-electron chi connectivity index (χ4n) is 2.39. The van der Waals surface area contributed by atoms with Gasteiger partial charge in [0.2, 0.25) is 0 Å². The number of benzene rings is 1. The van der Waals surface area contributed by atoms with Gasteiger partial charge in [-0.3, -0.25) is 0 Å². The molecule has 0 bridgehead atoms. The topological polar surface area (TPSA) is 54.4 Å². The van der Waals surface area contributed by atoms with E-state index in [0.717, 1.165) is 41.9 Å². The number of phenolic OH excluding ortho intramolecular Hbond substituents is 1.